The van der Waals surface area contributed by atoms with Crippen LogP contribution in [0.1, 0.15) is 5.69 Å². The van der Waals surface area contributed by atoms with Gasteiger partial charge in [0.25, 0.3) is 0 Å². The minimum absolute atomic E-state index is 0.437. The lowest BCUT2D eigenvalue weighted by molar-refractivity contribution is 0.551. The normalized spacial score (nSPS) is 10.6. The lowest BCUT2D eigenvalue weighted by atomic mass is 10.4. The summed E-state index contributed by atoms with van der Waals surface area (Å²) in [7, 11) is 0. The van der Waals surface area contributed by atoms with Gasteiger partial charge in [0, 0.05) is 0 Å². The van der Waals surface area contributed by atoms with Gasteiger partial charge in [-0.2, -0.15) is 5.26 Å². The molecule has 3 aromatic heterocycles. The molecule has 82 valence electrons. The SMILES string of the molecule is N#Cc1cccc2nc(-c3ccc(Br)o3)nn12. The van der Waals surface area contributed by atoms with Crippen molar-refractivity contribution in [1.82, 2.24) is 14.6 Å². The molecule has 5 nitrogen and oxygen atoms in total. The van der Waals surface area contributed by atoms with Crippen molar-refractivity contribution in [1.29, 1.82) is 5.26 Å². The Kier molecular flexibility index (Phi) is 2.20. The number of halogens is 1. The van der Waals surface area contributed by atoms with Gasteiger partial charge in [0.15, 0.2) is 16.1 Å². The van der Waals surface area contributed by atoms with Crippen molar-refractivity contribution in [2.75, 3.05) is 0 Å². The minimum Gasteiger partial charge on any atom is -0.446 e. The molecule has 0 saturated carbocycles. The van der Waals surface area contributed by atoms with Gasteiger partial charge < -0.3 is 4.42 Å². The number of aromatic nitrogens is 3. The number of pyridine rings is 1. The summed E-state index contributed by atoms with van der Waals surface area (Å²) in [6, 6.07) is 10.8. The first-order chi connectivity index (χ1) is 8.28. The first-order valence-electron chi connectivity index (χ1n) is 4.79. The standard InChI is InChI=1S/C11H5BrN4O/c12-9-5-4-8(17-9)11-14-10-3-1-2-7(6-13)16(10)15-11/h1-5H. The molecule has 0 aromatic carbocycles. The molecule has 0 atom stereocenters. The highest BCUT2D eigenvalue weighted by Gasteiger charge is 2.11. The quantitative estimate of drug-likeness (QED) is 0.690. The molecule has 3 heterocycles. The van der Waals surface area contributed by atoms with Crippen LogP contribution in [0.25, 0.3) is 17.2 Å². The molecule has 6 heteroatoms. The van der Waals surface area contributed by atoms with Crippen molar-refractivity contribution in [3.05, 3.63) is 40.7 Å². The molecule has 17 heavy (non-hydrogen) atoms. The fraction of sp³-hybridized carbons (Fsp3) is 0. The van der Waals surface area contributed by atoms with Gasteiger partial charge >= 0.3 is 0 Å². The Morgan fingerprint density at radius 3 is 2.88 bits per heavy atom. The second-order valence-electron chi connectivity index (χ2n) is 3.33. The van der Waals surface area contributed by atoms with Gasteiger partial charge in [0.1, 0.15) is 11.8 Å². The predicted molar refractivity (Wildman–Crippen MR) is 63.1 cm³/mol. The summed E-state index contributed by atoms with van der Waals surface area (Å²) in [5, 5.41) is 13.2. The second kappa shape index (κ2) is 3.71. The number of hydrogen-bond acceptors (Lipinski definition) is 4. The average Bonchev–Trinajstić information content (AvgIpc) is 2.93. The molecule has 0 saturated heterocycles. The lowest BCUT2D eigenvalue weighted by Gasteiger charge is -1.91. The molecule has 0 N–H and O–H groups in total. The second-order valence-corrected chi connectivity index (χ2v) is 4.11. The van der Waals surface area contributed by atoms with E-state index in [-0.39, 0.29) is 0 Å². The average molecular weight is 289 g/mol. The van der Waals surface area contributed by atoms with Gasteiger partial charge in [-0.25, -0.2) is 9.50 Å². The van der Waals surface area contributed by atoms with Crippen LogP contribution in [0, 0.1) is 11.3 Å². The molecule has 0 spiro atoms. The molecule has 3 rings (SSSR count). The van der Waals surface area contributed by atoms with Crippen LogP contribution < -0.4 is 0 Å². The summed E-state index contributed by atoms with van der Waals surface area (Å²) in [5.41, 5.74) is 1.05. The zero-order valence-electron chi connectivity index (χ0n) is 8.46. The van der Waals surface area contributed by atoms with Crippen molar-refractivity contribution >= 4 is 21.6 Å². The van der Waals surface area contributed by atoms with Crippen molar-refractivity contribution in [3.63, 3.8) is 0 Å². The van der Waals surface area contributed by atoms with Crippen LogP contribution in [0.5, 0.6) is 0 Å². The van der Waals surface area contributed by atoms with E-state index in [2.05, 4.69) is 32.1 Å². The van der Waals surface area contributed by atoms with Gasteiger partial charge in [-0.1, -0.05) is 6.07 Å². The molecule has 3 aromatic rings. The first kappa shape index (κ1) is 10.1. The summed E-state index contributed by atoms with van der Waals surface area (Å²) >= 11 is 3.22. The number of hydrogen-bond donors (Lipinski definition) is 0. The topological polar surface area (TPSA) is 67.1 Å². The molecule has 0 unspecified atom stereocenters. The largest absolute Gasteiger partial charge is 0.446 e. The van der Waals surface area contributed by atoms with E-state index in [1.165, 1.54) is 4.52 Å². The van der Waals surface area contributed by atoms with Crippen LogP contribution in [0.15, 0.2) is 39.4 Å². The van der Waals surface area contributed by atoms with Crippen LogP contribution in [0.4, 0.5) is 0 Å². The first-order valence-corrected chi connectivity index (χ1v) is 5.59. The third-order valence-corrected chi connectivity index (χ3v) is 2.69. The van der Waals surface area contributed by atoms with Crippen molar-refractivity contribution in [2.45, 2.75) is 0 Å². The maximum Gasteiger partial charge on any atom is 0.218 e. The smallest absolute Gasteiger partial charge is 0.218 e. The van der Waals surface area contributed by atoms with Gasteiger partial charge in [-0.15, -0.1) is 5.10 Å². The van der Waals surface area contributed by atoms with Crippen molar-refractivity contribution in [2.24, 2.45) is 0 Å². The van der Waals surface area contributed by atoms with Gasteiger partial charge in [-0.3, -0.25) is 0 Å². The maximum atomic E-state index is 8.95. The van der Waals surface area contributed by atoms with Gasteiger partial charge in [0.2, 0.25) is 5.82 Å². The van der Waals surface area contributed by atoms with Crippen molar-refractivity contribution in [3.8, 4) is 17.7 Å². The van der Waals surface area contributed by atoms with E-state index in [1.54, 1.807) is 30.3 Å². The summed E-state index contributed by atoms with van der Waals surface area (Å²) in [6.07, 6.45) is 0. The van der Waals surface area contributed by atoms with E-state index < -0.39 is 0 Å². The molecule has 0 radical (unpaired) electrons. The molecule has 0 aliphatic rings. The van der Waals surface area contributed by atoms with Crippen LogP contribution in [-0.2, 0) is 0 Å². The Morgan fingerprint density at radius 1 is 1.29 bits per heavy atom. The van der Waals surface area contributed by atoms with Gasteiger partial charge in [0.05, 0.1) is 0 Å². The summed E-state index contributed by atoms with van der Waals surface area (Å²) in [4.78, 5) is 4.29. The minimum atomic E-state index is 0.437. The molecule has 0 bridgehead atoms. The highest BCUT2D eigenvalue weighted by molar-refractivity contribution is 9.10. The van der Waals surface area contributed by atoms with Crippen LogP contribution >= 0.6 is 15.9 Å². The zero-order chi connectivity index (χ0) is 11.8. The van der Waals surface area contributed by atoms with E-state index >= 15 is 0 Å². The highest BCUT2D eigenvalue weighted by Crippen LogP contribution is 2.22. The summed E-state index contributed by atoms with van der Waals surface area (Å²) in [5.74, 6) is 1.02. The fourth-order valence-corrected chi connectivity index (χ4v) is 1.84. The Morgan fingerprint density at radius 2 is 2.18 bits per heavy atom. The van der Waals surface area contributed by atoms with Crippen LogP contribution in [0.2, 0.25) is 0 Å². The summed E-state index contributed by atoms with van der Waals surface area (Å²) < 4.78 is 7.48. The number of rotatable bonds is 1. The van der Waals surface area contributed by atoms with Crippen LogP contribution in [0.3, 0.4) is 0 Å². The number of nitrogens with zero attached hydrogens (tertiary/aromatic N) is 4. The van der Waals surface area contributed by atoms with Crippen LogP contribution in [-0.4, -0.2) is 14.6 Å². The third kappa shape index (κ3) is 1.61. The highest BCUT2D eigenvalue weighted by atomic mass is 79.9. The van der Waals surface area contributed by atoms with E-state index in [1.807, 2.05) is 0 Å². The number of furan rings is 1. The number of nitriles is 1. The Bertz CT molecular complexity index is 737. The monoisotopic (exact) mass is 288 g/mol. The molecular formula is C11H5BrN4O. The molecule has 0 aliphatic carbocycles. The maximum absolute atomic E-state index is 8.95. The predicted octanol–water partition coefficient (Wildman–Crippen LogP) is 2.62. The molecular weight excluding hydrogens is 284 g/mol. The van der Waals surface area contributed by atoms with E-state index in [0.717, 1.165) is 0 Å². The lowest BCUT2D eigenvalue weighted by Crippen LogP contribution is -1.92. The molecule has 0 amide bonds. The Hall–Kier alpha value is -2.13. The molecule has 0 aliphatic heterocycles. The molecule has 0 fully saturated rings. The zero-order valence-corrected chi connectivity index (χ0v) is 10.0. The third-order valence-electron chi connectivity index (χ3n) is 2.27. The fourth-order valence-electron chi connectivity index (χ4n) is 1.53. The van der Waals surface area contributed by atoms with Crippen molar-refractivity contribution < 1.29 is 4.42 Å². The van der Waals surface area contributed by atoms with E-state index in [4.69, 9.17) is 9.68 Å². The Labute approximate surface area is 104 Å². The van der Waals surface area contributed by atoms with E-state index in [0.29, 0.717) is 27.6 Å². The Balaban J connectivity index is 2.24. The van der Waals surface area contributed by atoms with Gasteiger partial charge in [-0.05, 0) is 40.2 Å². The number of fused-ring (bicyclic) bond motifs is 1. The summed E-state index contributed by atoms with van der Waals surface area (Å²) in [6.45, 7) is 0. The van der Waals surface area contributed by atoms with E-state index in [9.17, 15) is 0 Å².